The molecule has 0 heterocycles. The second kappa shape index (κ2) is 65.4. The average molecular weight is 1200 g/mol. The molecule has 0 saturated carbocycles. The molecular formula is C75H141N2O6P. The van der Waals surface area contributed by atoms with Gasteiger partial charge in [0.1, 0.15) is 13.2 Å². The Morgan fingerprint density at radius 3 is 1.11 bits per heavy atom. The van der Waals surface area contributed by atoms with Crippen LogP contribution in [-0.4, -0.2) is 68.5 Å². The van der Waals surface area contributed by atoms with E-state index in [-0.39, 0.29) is 12.5 Å². The molecule has 84 heavy (non-hydrogen) atoms. The molecule has 0 fully saturated rings. The SMILES string of the molecule is CC/C=C\C/C=C\C/C=C\C/C=C\CCCCCCCCCCCCCCCCCCCCC(=O)NC(COP(=O)([O-])OCC[N+](C)(C)C)C(O)/C=C/CC/C=C/CCCCCCCCCCCCCCCCCCCCCCCCCCC. The number of carbonyl (C=O) groups excluding carboxylic acids is 1. The first-order chi connectivity index (χ1) is 41.0. The summed E-state index contributed by atoms with van der Waals surface area (Å²) in [6.45, 7) is 4.56. The van der Waals surface area contributed by atoms with Gasteiger partial charge in [-0.15, -0.1) is 0 Å². The van der Waals surface area contributed by atoms with E-state index >= 15 is 0 Å². The van der Waals surface area contributed by atoms with Crippen molar-refractivity contribution < 1.29 is 32.9 Å². The Bertz CT molecular complexity index is 1600. The molecule has 0 saturated heterocycles. The minimum Gasteiger partial charge on any atom is -0.756 e. The molecule has 0 aromatic carbocycles. The number of amides is 1. The molecule has 0 aromatic heterocycles. The Morgan fingerprint density at radius 1 is 0.429 bits per heavy atom. The molecule has 0 aliphatic carbocycles. The highest BCUT2D eigenvalue weighted by molar-refractivity contribution is 7.45. The normalized spacial score (nSPS) is 14.0. The number of nitrogens with one attached hydrogen (secondary N) is 1. The van der Waals surface area contributed by atoms with Gasteiger partial charge in [-0.1, -0.05) is 344 Å². The summed E-state index contributed by atoms with van der Waals surface area (Å²) < 4.78 is 23.5. The van der Waals surface area contributed by atoms with Crippen LogP contribution in [-0.2, 0) is 18.4 Å². The Hall–Kier alpha value is -2.06. The lowest BCUT2D eigenvalue weighted by molar-refractivity contribution is -0.870. The van der Waals surface area contributed by atoms with Crippen LogP contribution in [0.4, 0.5) is 0 Å². The first-order valence-corrected chi connectivity index (χ1v) is 37.8. The van der Waals surface area contributed by atoms with Gasteiger partial charge >= 0.3 is 0 Å². The second-order valence-electron chi connectivity index (χ2n) is 25.9. The van der Waals surface area contributed by atoms with E-state index in [1.54, 1.807) is 6.08 Å². The molecule has 2 N–H and O–H groups in total. The first-order valence-electron chi connectivity index (χ1n) is 36.3. The number of quaternary nitrogens is 1. The smallest absolute Gasteiger partial charge is 0.268 e. The van der Waals surface area contributed by atoms with Crippen LogP contribution in [0.15, 0.2) is 72.9 Å². The Balaban J connectivity index is 4.07. The van der Waals surface area contributed by atoms with Crippen molar-refractivity contribution >= 4 is 13.7 Å². The van der Waals surface area contributed by atoms with Crippen molar-refractivity contribution in [3.63, 3.8) is 0 Å². The lowest BCUT2D eigenvalue weighted by Gasteiger charge is -2.29. The van der Waals surface area contributed by atoms with Gasteiger partial charge in [0.2, 0.25) is 5.91 Å². The van der Waals surface area contributed by atoms with E-state index in [0.717, 1.165) is 64.2 Å². The van der Waals surface area contributed by atoms with E-state index in [4.69, 9.17) is 9.05 Å². The number of nitrogens with zero attached hydrogens (tertiary/aromatic N) is 1. The van der Waals surface area contributed by atoms with Crippen LogP contribution in [0.5, 0.6) is 0 Å². The fraction of sp³-hybridized carbons (Fsp3) is 0.827. The van der Waals surface area contributed by atoms with Crippen LogP contribution < -0.4 is 10.2 Å². The van der Waals surface area contributed by atoms with Gasteiger partial charge < -0.3 is 28.8 Å². The van der Waals surface area contributed by atoms with Gasteiger partial charge in [-0.3, -0.25) is 9.36 Å². The lowest BCUT2D eigenvalue weighted by atomic mass is 10.0. The summed E-state index contributed by atoms with van der Waals surface area (Å²) in [7, 11) is 1.25. The molecule has 1 amide bonds. The second-order valence-corrected chi connectivity index (χ2v) is 27.3. The minimum absolute atomic E-state index is 0.00688. The Labute approximate surface area is 523 Å². The number of rotatable bonds is 67. The topological polar surface area (TPSA) is 108 Å². The van der Waals surface area contributed by atoms with Crippen molar-refractivity contribution in [3.05, 3.63) is 72.9 Å². The van der Waals surface area contributed by atoms with E-state index in [2.05, 4.69) is 79.9 Å². The van der Waals surface area contributed by atoms with Crippen molar-refractivity contribution in [2.75, 3.05) is 40.9 Å². The van der Waals surface area contributed by atoms with E-state index < -0.39 is 26.6 Å². The molecule has 0 aromatic rings. The van der Waals surface area contributed by atoms with Gasteiger partial charge in [0.25, 0.3) is 7.82 Å². The molecule has 0 radical (unpaired) electrons. The zero-order valence-corrected chi connectivity index (χ0v) is 57.3. The molecule has 0 aliphatic heterocycles. The van der Waals surface area contributed by atoms with Crippen molar-refractivity contribution in [1.82, 2.24) is 5.32 Å². The number of hydrogen-bond donors (Lipinski definition) is 2. The van der Waals surface area contributed by atoms with Gasteiger partial charge in [-0.25, -0.2) is 0 Å². The summed E-state index contributed by atoms with van der Waals surface area (Å²) >= 11 is 0. The van der Waals surface area contributed by atoms with Crippen LogP contribution in [0.2, 0.25) is 0 Å². The zero-order chi connectivity index (χ0) is 61.2. The molecule has 0 bridgehead atoms. The van der Waals surface area contributed by atoms with Gasteiger partial charge in [-0.2, -0.15) is 0 Å². The number of likely N-dealkylation sites (N-methyl/N-ethyl adjacent to an activating group) is 1. The van der Waals surface area contributed by atoms with Crippen molar-refractivity contribution in [1.29, 1.82) is 0 Å². The summed E-state index contributed by atoms with van der Waals surface area (Å²) in [5.41, 5.74) is 0. The number of carbonyl (C=O) groups is 1. The largest absolute Gasteiger partial charge is 0.756 e. The number of aliphatic hydroxyl groups excluding tert-OH is 1. The molecule has 3 atom stereocenters. The maximum absolute atomic E-state index is 13.0. The summed E-state index contributed by atoms with van der Waals surface area (Å²) in [5.74, 6) is -0.203. The van der Waals surface area contributed by atoms with Crippen molar-refractivity contribution in [2.45, 2.75) is 360 Å². The molecule has 0 aliphatic rings. The number of aliphatic hydroxyl groups is 1. The molecule has 8 nitrogen and oxygen atoms in total. The fourth-order valence-electron chi connectivity index (χ4n) is 10.8. The van der Waals surface area contributed by atoms with Crippen molar-refractivity contribution in [3.8, 4) is 0 Å². The van der Waals surface area contributed by atoms with Crippen LogP contribution >= 0.6 is 7.82 Å². The van der Waals surface area contributed by atoms with Crippen LogP contribution in [0.25, 0.3) is 0 Å². The number of hydrogen-bond acceptors (Lipinski definition) is 6. The third-order valence-corrected chi connectivity index (χ3v) is 17.4. The van der Waals surface area contributed by atoms with Gasteiger partial charge in [0.05, 0.1) is 39.9 Å². The minimum atomic E-state index is -4.62. The maximum Gasteiger partial charge on any atom is 0.268 e. The predicted molar refractivity (Wildman–Crippen MR) is 367 cm³/mol. The summed E-state index contributed by atoms with van der Waals surface area (Å²) in [6, 6.07) is -0.907. The fourth-order valence-corrected chi connectivity index (χ4v) is 11.5. The van der Waals surface area contributed by atoms with E-state index in [1.165, 1.54) is 263 Å². The number of phosphoric ester groups is 1. The van der Waals surface area contributed by atoms with E-state index in [1.807, 2.05) is 27.2 Å². The van der Waals surface area contributed by atoms with Crippen LogP contribution in [0.3, 0.4) is 0 Å². The highest BCUT2D eigenvalue weighted by Gasteiger charge is 2.23. The third kappa shape index (κ3) is 67.4. The monoisotopic (exact) mass is 1200 g/mol. The summed E-state index contributed by atoms with van der Waals surface area (Å²) in [6.07, 6.45) is 91.9. The highest BCUT2D eigenvalue weighted by atomic mass is 31.2. The number of unbranched alkanes of at least 4 members (excludes halogenated alkanes) is 44. The standard InChI is InChI=1S/C75H141N2O6P/c1-6-8-10-12-14-16-18-20-22-24-26-28-30-32-34-36-38-40-42-44-46-48-50-52-54-56-58-60-62-64-66-68-74(78)73(72-83-84(80,81)82-71-70-77(3,4)5)76-75(79)69-67-65-63-61-59-57-55-53-51-49-47-45-43-41-39-37-35-33-31-29-27-25-23-21-19-17-15-13-11-9-7-2/h9,11,15,17,21,23,27,29,58,60,66,68,73-74,78H,6-8,10,12-14,16,18-20,22,24-26,28,30-57,59,61-65,67,69-72H2,1-5H3,(H-,76,79,80,81)/b11-9-,17-15-,23-21-,29-27-,60-58+,68-66+. The first kappa shape index (κ1) is 81.9. The van der Waals surface area contributed by atoms with Crippen LogP contribution in [0.1, 0.15) is 348 Å². The Kier molecular flexibility index (Phi) is 63.8. The predicted octanol–water partition coefficient (Wildman–Crippen LogP) is 22.7. The molecule has 0 spiro atoms. The molecule has 9 heteroatoms. The lowest BCUT2D eigenvalue weighted by Crippen LogP contribution is -2.45. The zero-order valence-electron chi connectivity index (χ0n) is 56.4. The van der Waals surface area contributed by atoms with E-state index in [0.29, 0.717) is 17.4 Å². The number of phosphoric acid groups is 1. The molecule has 0 rings (SSSR count). The highest BCUT2D eigenvalue weighted by Crippen LogP contribution is 2.38. The summed E-state index contributed by atoms with van der Waals surface area (Å²) in [5, 5.41) is 14.0. The van der Waals surface area contributed by atoms with Gasteiger partial charge in [-0.05, 0) is 70.6 Å². The van der Waals surface area contributed by atoms with E-state index in [9.17, 15) is 19.4 Å². The van der Waals surface area contributed by atoms with Crippen LogP contribution in [0, 0.1) is 0 Å². The molecular weight excluding hydrogens is 1060 g/mol. The summed E-state index contributed by atoms with van der Waals surface area (Å²) in [4.78, 5) is 25.6. The molecule has 492 valence electrons. The molecule has 3 unspecified atom stereocenters. The Morgan fingerprint density at radius 2 is 0.738 bits per heavy atom. The quantitative estimate of drug-likeness (QED) is 0.0272. The van der Waals surface area contributed by atoms with Crippen molar-refractivity contribution in [2.24, 2.45) is 0 Å². The average Bonchev–Trinajstić information content (AvgIpc) is 3.56. The van der Waals surface area contributed by atoms with Gasteiger partial charge in [0.15, 0.2) is 0 Å². The van der Waals surface area contributed by atoms with Gasteiger partial charge in [0, 0.05) is 6.42 Å². The third-order valence-electron chi connectivity index (χ3n) is 16.4. The number of allylic oxidation sites excluding steroid dienone is 11. The maximum atomic E-state index is 13.0.